The van der Waals surface area contributed by atoms with E-state index in [2.05, 4.69) is 4.98 Å². The van der Waals surface area contributed by atoms with Crippen LogP contribution < -0.4 is 4.74 Å². The van der Waals surface area contributed by atoms with E-state index in [1.54, 1.807) is 17.2 Å². The van der Waals surface area contributed by atoms with Gasteiger partial charge in [-0.1, -0.05) is 6.07 Å². The first-order valence-electron chi connectivity index (χ1n) is 8.63. The van der Waals surface area contributed by atoms with Crippen LogP contribution in [-0.4, -0.2) is 29.4 Å². The molecule has 0 radical (unpaired) electrons. The molecule has 2 aliphatic rings. The van der Waals surface area contributed by atoms with Crippen molar-refractivity contribution in [2.24, 2.45) is 5.92 Å². The lowest BCUT2D eigenvalue weighted by Gasteiger charge is -2.29. The smallest absolute Gasteiger partial charge is 0.226 e. The van der Waals surface area contributed by atoms with Crippen LogP contribution in [0.3, 0.4) is 0 Å². The summed E-state index contributed by atoms with van der Waals surface area (Å²) in [5.41, 5.74) is 1.44. The maximum absolute atomic E-state index is 13.7. The fourth-order valence-electron chi connectivity index (χ4n) is 3.96. The van der Waals surface area contributed by atoms with Gasteiger partial charge in [0.1, 0.15) is 11.6 Å². The first-order valence-corrected chi connectivity index (χ1v) is 8.63. The van der Waals surface area contributed by atoms with E-state index < -0.39 is 0 Å². The van der Waals surface area contributed by atoms with Crippen molar-refractivity contribution in [3.63, 3.8) is 0 Å². The monoisotopic (exact) mass is 340 g/mol. The lowest BCUT2D eigenvalue weighted by atomic mass is 9.87. The van der Waals surface area contributed by atoms with Gasteiger partial charge in [-0.05, 0) is 50.1 Å². The fraction of sp³-hybridized carbons (Fsp3) is 0.400. The summed E-state index contributed by atoms with van der Waals surface area (Å²) in [4.78, 5) is 19.2. The van der Waals surface area contributed by atoms with Crippen LogP contribution in [0.4, 0.5) is 4.39 Å². The number of ether oxygens (including phenoxy) is 1. The molecule has 0 N–H and O–H groups in total. The van der Waals surface area contributed by atoms with Gasteiger partial charge in [-0.25, -0.2) is 4.39 Å². The number of hydrogen-bond acceptors (Lipinski definition) is 3. The summed E-state index contributed by atoms with van der Waals surface area (Å²) >= 11 is 0. The molecule has 3 atom stereocenters. The molecule has 130 valence electrons. The number of amides is 1. The van der Waals surface area contributed by atoms with Crippen LogP contribution in [0.2, 0.25) is 0 Å². The van der Waals surface area contributed by atoms with Crippen molar-refractivity contribution >= 4 is 5.91 Å². The Labute approximate surface area is 146 Å². The van der Waals surface area contributed by atoms with E-state index in [4.69, 9.17) is 4.74 Å². The molecule has 1 fully saturated rings. The first-order chi connectivity index (χ1) is 12.0. The summed E-state index contributed by atoms with van der Waals surface area (Å²) < 4.78 is 19.4. The Morgan fingerprint density at radius 3 is 3.00 bits per heavy atom. The van der Waals surface area contributed by atoms with Crippen LogP contribution >= 0.6 is 0 Å². The molecular weight excluding hydrogens is 319 g/mol. The summed E-state index contributed by atoms with van der Waals surface area (Å²) in [5.74, 6) is 0.406. The van der Waals surface area contributed by atoms with Crippen molar-refractivity contribution in [1.29, 1.82) is 0 Å². The highest BCUT2D eigenvalue weighted by Crippen LogP contribution is 2.61. The highest BCUT2D eigenvalue weighted by Gasteiger charge is 2.62. The third kappa shape index (κ3) is 2.58. The van der Waals surface area contributed by atoms with Gasteiger partial charge < -0.3 is 9.64 Å². The molecule has 4 rings (SSSR count). The number of pyridine rings is 1. The third-order valence-corrected chi connectivity index (χ3v) is 5.70. The van der Waals surface area contributed by atoms with Crippen LogP contribution in [-0.2, 0) is 10.2 Å². The number of fused-ring (bicyclic) bond motifs is 2. The van der Waals surface area contributed by atoms with Gasteiger partial charge in [0.05, 0.1) is 18.3 Å². The molecule has 1 aromatic heterocycles. The van der Waals surface area contributed by atoms with Crippen LogP contribution in [0, 0.1) is 11.7 Å². The molecule has 4 nitrogen and oxygen atoms in total. The molecule has 1 aromatic carbocycles. The van der Waals surface area contributed by atoms with Crippen molar-refractivity contribution < 1.29 is 13.9 Å². The molecule has 25 heavy (non-hydrogen) atoms. The van der Waals surface area contributed by atoms with Crippen molar-refractivity contribution in [3.05, 3.63) is 59.7 Å². The molecule has 1 saturated carbocycles. The van der Waals surface area contributed by atoms with Gasteiger partial charge in [0.25, 0.3) is 0 Å². The van der Waals surface area contributed by atoms with E-state index in [0.717, 1.165) is 24.1 Å². The van der Waals surface area contributed by atoms with Gasteiger partial charge in [0.15, 0.2) is 0 Å². The number of carbonyl (C=O) groups is 1. The minimum absolute atomic E-state index is 0.0928. The molecule has 2 aromatic rings. The van der Waals surface area contributed by atoms with Gasteiger partial charge in [-0.3, -0.25) is 9.78 Å². The summed E-state index contributed by atoms with van der Waals surface area (Å²) in [6, 6.07) is 10.2. The number of benzene rings is 1. The zero-order chi connectivity index (χ0) is 17.6. The number of rotatable bonds is 3. The highest BCUT2D eigenvalue weighted by atomic mass is 19.1. The molecule has 1 spiro atoms. The van der Waals surface area contributed by atoms with Gasteiger partial charge in [0.2, 0.25) is 5.91 Å². The largest absolute Gasteiger partial charge is 0.493 e. The van der Waals surface area contributed by atoms with Crippen molar-refractivity contribution in [1.82, 2.24) is 9.88 Å². The first kappa shape index (κ1) is 16.1. The molecular formula is C20H21FN2O2. The van der Waals surface area contributed by atoms with E-state index in [0.29, 0.717) is 12.4 Å². The SMILES string of the molecule is C[C@H](c1ccccn1)N(C)C(=O)[C@H]1C[C@@]12CCOc1ccc(F)cc12. The van der Waals surface area contributed by atoms with E-state index >= 15 is 0 Å². The van der Waals surface area contributed by atoms with E-state index in [1.165, 1.54) is 12.1 Å². The molecule has 0 unspecified atom stereocenters. The second-order valence-electron chi connectivity index (χ2n) is 7.03. The maximum Gasteiger partial charge on any atom is 0.226 e. The van der Waals surface area contributed by atoms with Crippen LogP contribution in [0.25, 0.3) is 0 Å². The molecule has 5 heteroatoms. The Morgan fingerprint density at radius 2 is 2.24 bits per heavy atom. The molecule has 0 bridgehead atoms. The molecule has 2 heterocycles. The topological polar surface area (TPSA) is 42.4 Å². The van der Waals surface area contributed by atoms with Crippen LogP contribution in [0.1, 0.15) is 37.1 Å². The van der Waals surface area contributed by atoms with Gasteiger partial charge in [-0.15, -0.1) is 0 Å². The minimum atomic E-state index is -0.281. The van der Waals surface area contributed by atoms with Crippen LogP contribution in [0.15, 0.2) is 42.6 Å². The number of aromatic nitrogens is 1. The van der Waals surface area contributed by atoms with E-state index in [9.17, 15) is 9.18 Å². The Morgan fingerprint density at radius 1 is 1.40 bits per heavy atom. The average Bonchev–Trinajstić information content (AvgIpc) is 3.36. The number of halogens is 1. The second-order valence-corrected chi connectivity index (χ2v) is 7.03. The zero-order valence-corrected chi connectivity index (χ0v) is 14.4. The lowest BCUT2D eigenvalue weighted by Crippen LogP contribution is -2.34. The predicted octanol–water partition coefficient (Wildman–Crippen LogP) is 3.48. The standard InChI is InChI=1S/C20H21FN2O2/c1-13(17-5-3-4-9-22-17)23(2)19(24)16-12-20(16)8-10-25-18-7-6-14(21)11-15(18)20/h3-7,9,11,13,16H,8,10,12H2,1-2H3/t13-,16-,20-/m1/s1. The summed E-state index contributed by atoms with van der Waals surface area (Å²) in [6.45, 7) is 2.55. The maximum atomic E-state index is 13.7. The van der Waals surface area contributed by atoms with Crippen LogP contribution in [0.5, 0.6) is 5.75 Å². The van der Waals surface area contributed by atoms with Crippen molar-refractivity contribution in [2.45, 2.75) is 31.2 Å². The van der Waals surface area contributed by atoms with Crippen molar-refractivity contribution in [3.8, 4) is 5.75 Å². The summed E-state index contributed by atoms with van der Waals surface area (Å²) in [5, 5.41) is 0. The van der Waals surface area contributed by atoms with Gasteiger partial charge >= 0.3 is 0 Å². The quantitative estimate of drug-likeness (QED) is 0.859. The second kappa shape index (κ2) is 5.83. The highest BCUT2D eigenvalue weighted by molar-refractivity contribution is 5.85. The van der Waals surface area contributed by atoms with Gasteiger partial charge in [0, 0.05) is 30.1 Å². The molecule has 1 amide bonds. The average molecular weight is 340 g/mol. The Hall–Kier alpha value is -2.43. The Kier molecular flexibility index (Phi) is 3.74. The molecule has 0 saturated heterocycles. The van der Waals surface area contributed by atoms with Gasteiger partial charge in [-0.2, -0.15) is 0 Å². The number of hydrogen-bond donors (Lipinski definition) is 0. The Balaban J connectivity index is 1.57. The zero-order valence-electron chi connectivity index (χ0n) is 14.4. The number of nitrogens with zero attached hydrogens (tertiary/aromatic N) is 2. The third-order valence-electron chi connectivity index (χ3n) is 5.70. The molecule has 1 aliphatic carbocycles. The summed E-state index contributed by atoms with van der Waals surface area (Å²) in [6.07, 6.45) is 3.25. The predicted molar refractivity (Wildman–Crippen MR) is 91.7 cm³/mol. The lowest BCUT2D eigenvalue weighted by molar-refractivity contribution is -0.133. The van der Waals surface area contributed by atoms with E-state index in [1.807, 2.05) is 32.2 Å². The fourth-order valence-corrected chi connectivity index (χ4v) is 3.96. The van der Waals surface area contributed by atoms with E-state index in [-0.39, 0.29) is 29.1 Å². The minimum Gasteiger partial charge on any atom is -0.493 e. The molecule has 1 aliphatic heterocycles. The normalized spacial score (nSPS) is 25.0. The summed E-state index contributed by atoms with van der Waals surface area (Å²) in [7, 11) is 1.82. The van der Waals surface area contributed by atoms with Crippen molar-refractivity contribution in [2.75, 3.05) is 13.7 Å². The Bertz CT molecular complexity index is 811. The number of carbonyl (C=O) groups excluding carboxylic acids is 1.